The van der Waals surface area contributed by atoms with Crippen LogP contribution >= 0.6 is 0 Å². The van der Waals surface area contributed by atoms with Crippen molar-refractivity contribution in [2.24, 2.45) is 0 Å². The highest BCUT2D eigenvalue weighted by molar-refractivity contribution is 5.89. The molecule has 0 amide bonds. The highest BCUT2D eigenvalue weighted by Gasteiger charge is 2.23. The molecule has 0 bridgehead atoms. The van der Waals surface area contributed by atoms with Crippen molar-refractivity contribution in [1.82, 2.24) is 0 Å². The Morgan fingerprint density at radius 1 is 0.447 bits per heavy atom. The van der Waals surface area contributed by atoms with Crippen molar-refractivity contribution in [1.29, 1.82) is 0 Å². The van der Waals surface area contributed by atoms with Gasteiger partial charge >= 0.3 is 11.9 Å². The van der Waals surface area contributed by atoms with E-state index in [0.29, 0.717) is 12.2 Å². The standard InChI is InChI=1S/2C14H32N.C4H4O4/c2*1-5-9-12-15(8-4,13-10-6-2)14-11-7-3;5-3(6)1-2-4(7)8/h2*5-14H2,1-4H3;1-2H,(H,5,6)(H,7,8)/q2*+1;/b;;2-1-. The van der Waals surface area contributed by atoms with Gasteiger partial charge in [-0.2, -0.15) is 0 Å². The topological polar surface area (TPSA) is 74.6 Å². The number of nitrogens with zero attached hydrogens (tertiary/aromatic N) is 2. The molecule has 0 aromatic heterocycles. The monoisotopic (exact) mass is 545 g/mol. The maximum Gasteiger partial charge on any atom is 0.328 e. The molecule has 6 nitrogen and oxygen atoms in total. The fourth-order valence-electron chi connectivity index (χ4n) is 4.72. The number of carboxylic acid groups (broad SMARTS) is 2. The van der Waals surface area contributed by atoms with Crippen molar-refractivity contribution in [3.63, 3.8) is 0 Å². The molecule has 0 heterocycles. The number of rotatable bonds is 22. The lowest BCUT2D eigenvalue weighted by Crippen LogP contribution is -2.49. The number of carbonyl (C=O) groups is 2. The zero-order valence-electron chi connectivity index (χ0n) is 26.9. The second kappa shape index (κ2) is 28.6. The van der Waals surface area contributed by atoms with E-state index in [-0.39, 0.29) is 0 Å². The zero-order chi connectivity index (χ0) is 29.7. The molecule has 0 rings (SSSR count). The Labute approximate surface area is 237 Å². The third kappa shape index (κ3) is 24.9. The lowest BCUT2D eigenvalue weighted by Gasteiger charge is -2.38. The molecule has 228 valence electrons. The summed E-state index contributed by atoms with van der Waals surface area (Å²) in [7, 11) is 0. The van der Waals surface area contributed by atoms with E-state index in [1.54, 1.807) is 0 Å². The van der Waals surface area contributed by atoms with Crippen molar-refractivity contribution < 1.29 is 28.8 Å². The van der Waals surface area contributed by atoms with Gasteiger partial charge in [0.25, 0.3) is 0 Å². The summed E-state index contributed by atoms with van der Waals surface area (Å²) in [4.78, 5) is 19.1. The summed E-state index contributed by atoms with van der Waals surface area (Å²) in [6.45, 7) is 29.7. The molecule has 0 atom stereocenters. The second-order valence-corrected chi connectivity index (χ2v) is 10.8. The van der Waals surface area contributed by atoms with Crippen molar-refractivity contribution in [3.05, 3.63) is 12.2 Å². The van der Waals surface area contributed by atoms with Crippen molar-refractivity contribution in [2.45, 2.75) is 132 Å². The van der Waals surface area contributed by atoms with Gasteiger partial charge in [-0.3, -0.25) is 0 Å². The molecular formula is C32H68N2O4+2. The molecule has 0 aromatic carbocycles. The molecule has 0 saturated carbocycles. The average Bonchev–Trinajstić information content (AvgIpc) is 2.92. The van der Waals surface area contributed by atoms with Crippen molar-refractivity contribution in [3.8, 4) is 0 Å². The summed E-state index contributed by atoms with van der Waals surface area (Å²) in [6.07, 6.45) is 17.6. The van der Waals surface area contributed by atoms with E-state index in [1.165, 1.54) is 138 Å². The molecule has 0 fully saturated rings. The minimum Gasteiger partial charge on any atom is -0.478 e. The van der Waals surface area contributed by atoms with Gasteiger partial charge in [-0.05, 0) is 52.4 Å². The van der Waals surface area contributed by atoms with Crippen LogP contribution in [0.4, 0.5) is 0 Å². The third-order valence-corrected chi connectivity index (χ3v) is 7.63. The fourth-order valence-corrected chi connectivity index (χ4v) is 4.72. The SMILES string of the molecule is CCCC[N+](CC)(CCCC)CCCC.CCCC[N+](CC)(CCCC)CCCC.O=C(O)/C=C\C(=O)O. The molecule has 6 heteroatoms. The van der Waals surface area contributed by atoms with E-state index in [2.05, 4.69) is 55.4 Å². The van der Waals surface area contributed by atoms with Crippen LogP contribution in [0.1, 0.15) is 132 Å². The van der Waals surface area contributed by atoms with E-state index in [4.69, 9.17) is 10.2 Å². The van der Waals surface area contributed by atoms with Gasteiger partial charge in [-0.15, -0.1) is 0 Å². The number of aliphatic carboxylic acids is 2. The van der Waals surface area contributed by atoms with E-state index in [0.717, 1.165) is 0 Å². The number of hydrogen-bond donors (Lipinski definition) is 2. The molecule has 0 unspecified atom stereocenters. The van der Waals surface area contributed by atoms with E-state index in [9.17, 15) is 9.59 Å². The van der Waals surface area contributed by atoms with Crippen LogP contribution in [0, 0.1) is 0 Å². The summed E-state index contributed by atoms with van der Waals surface area (Å²) in [6, 6.07) is 0. The molecular weight excluding hydrogens is 476 g/mol. The summed E-state index contributed by atoms with van der Waals surface area (Å²) in [5.74, 6) is -2.51. The molecule has 0 aliphatic carbocycles. The molecule has 0 aromatic rings. The molecule has 0 saturated heterocycles. The maximum atomic E-state index is 9.55. The van der Waals surface area contributed by atoms with Crippen LogP contribution in [-0.4, -0.2) is 83.5 Å². The maximum absolute atomic E-state index is 9.55. The van der Waals surface area contributed by atoms with Crippen LogP contribution in [-0.2, 0) is 9.59 Å². The molecule has 0 aliphatic heterocycles. The summed E-state index contributed by atoms with van der Waals surface area (Å²) < 4.78 is 2.77. The fraction of sp³-hybridized carbons (Fsp3) is 0.875. The van der Waals surface area contributed by atoms with Crippen LogP contribution in [0.5, 0.6) is 0 Å². The Hall–Kier alpha value is -1.40. The van der Waals surface area contributed by atoms with E-state index in [1.807, 2.05) is 0 Å². The van der Waals surface area contributed by atoms with E-state index >= 15 is 0 Å². The predicted molar refractivity (Wildman–Crippen MR) is 165 cm³/mol. The Bertz CT molecular complexity index is 472. The summed E-state index contributed by atoms with van der Waals surface area (Å²) in [5.41, 5.74) is 0. The largest absolute Gasteiger partial charge is 0.478 e. The molecule has 0 radical (unpaired) electrons. The minimum atomic E-state index is -1.26. The van der Waals surface area contributed by atoms with E-state index < -0.39 is 11.9 Å². The first kappa shape index (κ1) is 41.1. The zero-order valence-corrected chi connectivity index (χ0v) is 26.9. The number of unbranched alkanes of at least 4 members (excludes halogenated alkanes) is 6. The molecule has 38 heavy (non-hydrogen) atoms. The quantitative estimate of drug-likeness (QED) is 0.106. The predicted octanol–water partition coefficient (Wildman–Crippen LogP) is 8.16. The number of quaternary nitrogens is 2. The first-order valence-electron chi connectivity index (χ1n) is 16.0. The van der Waals surface area contributed by atoms with Gasteiger partial charge in [0.05, 0.1) is 52.4 Å². The Morgan fingerprint density at radius 2 is 0.632 bits per heavy atom. The normalized spacial score (nSPS) is 11.5. The Kier molecular flexibility index (Phi) is 30.9. The number of hydrogen-bond acceptors (Lipinski definition) is 2. The first-order chi connectivity index (χ1) is 18.1. The average molecular weight is 545 g/mol. The molecule has 0 spiro atoms. The van der Waals surface area contributed by atoms with Crippen LogP contribution in [0.2, 0.25) is 0 Å². The second-order valence-electron chi connectivity index (χ2n) is 10.8. The highest BCUT2D eigenvalue weighted by Crippen LogP contribution is 2.15. The Morgan fingerprint density at radius 3 is 0.737 bits per heavy atom. The van der Waals surface area contributed by atoms with Gasteiger partial charge in [-0.25, -0.2) is 9.59 Å². The van der Waals surface area contributed by atoms with Gasteiger partial charge in [0.1, 0.15) is 0 Å². The number of carboxylic acids is 2. The first-order valence-corrected chi connectivity index (χ1v) is 16.0. The lowest BCUT2D eigenvalue weighted by molar-refractivity contribution is -0.927. The van der Waals surface area contributed by atoms with Gasteiger partial charge in [-0.1, -0.05) is 80.1 Å². The lowest BCUT2D eigenvalue weighted by atomic mass is 10.1. The van der Waals surface area contributed by atoms with Crippen molar-refractivity contribution in [2.75, 3.05) is 52.4 Å². The van der Waals surface area contributed by atoms with Crippen LogP contribution in [0.15, 0.2) is 12.2 Å². The third-order valence-electron chi connectivity index (χ3n) is 7.63. The minimum absolute atomic E-state index is 0.558. The van der Waals surface area contributed by atoms with Crippen LogP contribution in [0.3, 0.4) is 0 Å². The van der Waals surface area contributed by atoms with Crippen molar-refractivity contribution >= 4 is 11.9 Å². The highest BCUT2D eigenvalue weighted by atomic mass is 16.4. The molecule has 0 aliphatic rings. The smallest absolute Gasteiger partial charge is 0.328 e. The van der Waals surface area contributed by atoms with Gasteiger partial charge in [0.2, 0.25) is 0 Å². The summed E-state index contributed by atoms with van der Waals surface area (Å²) in [5, 5.41) is 15.6. The van der Waals surface area contributed by atoms with Gasteiger partial charge in [0, 0.05) is 12.2 Å². The molecule has 2 N–H and O–H groups in total. The Balaban J connectivity index is -0.000000508. The van der Waals surface area contributed by atoms with Gasteiger partial charge < -0.3 is 19.2 Å². The summed E-state index contributed by atoms with van der Waals surface area (Å²) >= 11 is 0. The van der Waals surface area contributed by atoms with Gasteiger partial charge in [0.15, 0.2) is 0 Å². The van der Waals surface area contributed by atoms with Crippen LogP contribution in [0.25, 0.3) is 0 Å². The van der Waals surface area contributed by atoms with Crippen LogP contribution < -0.4 is 0 Å².